The van der Waals surface area contributed by atoms with E-state index in [1.165, 1.54) is 17.6 Å². The number of methoxy groups -OCH3 is 2. The number of anilines is 2. The molecule has 1 aliphatic rings. The first-order valence-corrected chi connectivity index (χ1v) is 10.8. The van der Waals surface area contributed by atoms with Crippen LogP contribution >= 0.6 is 0 Å². The number of rotatable bonds is 5. The summed E-state index contributed by atoms with van der Waals surface area (Å²) >= 11 is 0. The Morgan fingerprint density at radius 3 is 2.38 bits per heavy atom. The highest BCUT2D eigenvalue weighted by molar-refractivity contribution is 5.98. The third kappa shape index (κ3) is 4.30. The van der Waals surface area contributed by atoms with E-state index in [4.69, 9.17) is 14.5 Å². The number of hydrogen-bond donors (Lipinski definition) is 0. The van der Waals surface area contributed by atoms with Crippen LogP contribution in [0.4, 0.5) is 11.5 Å². The lowest BCUT2D eigenvalue weighted by molar-refractivity contribution is -0.135. The molecule has 0 unspecified atom stereocenters. The maximum absolute atomic E-state index is 13.4. The molecule has 1 aromatic carbocycles. The summed E-state index contributed by atoms with van der Waals surface area (Å²) in [6.07, 6.45) is 2.91. The molecule has 0 atom stereocenters. The number of aryl methyl sites for hydroxylation is 1. The van der Waals surface area contributed by atoms with Gasteiger partial charge in [-0.2, -0.15) is 5.26 Å². The highest BCUT2D eigenvalue weighted by Gasteiger charge is 2.24. The Morgan fingerprint density at radius 2 is 1.76 bits per heavy atom. The molecule has 4 rings (SSSR count). The van der Waals surface area contributed by atoms with Crippen LogP contribution in [0.2, 0.25) is 0 Å². The predicted molar refractivity (Wildman–Crippen MR) is 129 cm³/mol. The van der Waals surface area contributed by atoms with Crippen LogP contribution in [-0.2, 0) is 9.53 Å². The number of piperazine rings is 1. The van der Waals surface area contributed by atoms with Crippen molar-refractivity contribution in [1.82, 2.24) is 9.38 Å². The summed E-state index contributed by atoms with van der Waals surface area (Å²) < 4.78 is 11.4. The SMILES string of the molecule is COC(=O)C(C#N)=Cc1c(N2CCN(c3ccc(OC)cc3)CC2)nc2c(C)cccn2c1=O. The van der Waals surface area contributed by atoms with Crippen LogP contribution in [0.15, 0.2) is 53.0 Å². The molecule has 0 spiro atoms. The van der Waals surface area contributed by atoms with E-state index >= 15 is 0 Å². The minimum Gasteiger partial charge on any atom is -0.497 e. The first-order valence-electron chi connectivity index (χ1n) is 10.8. The molecule has 3 heterocycles. The van der Waals surface area contributed by atoms with Crippen LogP contribution < -0.4 is 20.1 Å². The number of hydrogen-bond acceptors (Lipinski definition) is 8. The number of carbonyl (C=O) groups is 1. The quantitative estimate of drug-likeness (QED) is 0.326. The van der Waals surface area contributed by atoms with E-state index in [1.807, 2.05) is 48.2 Å². The van der Waals surface area contributed by atoms with Crippen molar-refractivity contribution in [3.8, 4) is 11.8 Å². The Hall–Kier alpha value is -4.32. The van der Waals surface area contributed by atoms with Gasteiger partial charge in [0.25, 0.3) is 5.56 Å². The van der Waals surface area contributed by atoms with Gasteiger partial charge >= 0.3 is 5.97 Å². The molecule has 3 aromatic rings. The van der Waals surface area contributed by atoms with Gasteiger partial charge in [-0.25, -0.2) is 9.78 Å². The summed E-state index contributed by atoms with van der Waals surface area (Å²) in [5.74, 6) is 0.450. The normalized spacial score (nSPS) is 14.1. The zero-order valence-electron chi connectivity index (χ0n) is 19.3. The molecule has 174 valence electrons. The second-order valence-electron chi connectivity index (χ2n) is 7.87. The van der Waals surface area contributed by atoms with E-state index in [9.17, 15) is 14.9 Å². The molecule has 0 bridgehead atoms. The van der Waals surface area contributed by atoms with E-state index in [0.29, 0.717) is 37.6 Å². The van der Waals surface area contributed by atoms with Crippen molar-refractivity contribution in [2.24, 2.45) is 0 Å². The number of carbonyl (C=O) groups excluding carboxylic acids is 1. The molecule has 9 nitrogen and oxygen atoms in total. The van der Waals surface area contributed by atoms with Gasteiger partial charge in [0.05, 0.1) is 19.8 Å². The van der Waals surface area contributed by atoms with Gasteiger partial charge in [0.15, 0.2) is 0 Å². The van der Waals surface area contributed by atoms with Crippen LogP contribution in [-0.4, -0.2) is 55.8 Å². The molecule has 1 fully saturated rings. The largest absolute Gasteiger partial charge is 0.497 e. The number of esters is 1. The van der Waals surface area contributed by atoms with Crippen molar-refractivity contribution < 1.29 is 14.3 Å². The average Bonchev–Trinajstić information content (AvgIpc) is 2.88. The first kappa shape index (κ1) is 22.9. The van der Waals surface area contributed by atoms with Gasteiger partial charge in [-0.15, -0.1) is 0 Å². The summed E-state index contributed by atoms with van der Waals surface area (Å²) in [4.78, 5) is 34.5. The lowest BCUT2D eigenvalue weighted by atomic mass is 10.1. The minimum atomic E-state index is -0.800. The third-order valence-electron chi connectivity index (χ3n) is 5.90. The zero-order valence-corrected chi connectivity index (χ0v) is 19.3. The van der Waals surface area contributed by atoms with E-state index < -0.39 is 5.97 Å². The molecular formula is C25H25N5O4. The minimum absolute atomic E-state index is 0.183. The molecule has 1 saturated heterocycles. The summed E-state index contributed by atoms with van der Waals surface area (Å²) in [5.41, 5.74) is 2.05. The maximum Gasteiger partial charge on any atom is 0.348 e. The Morgan fingerprint density at radius 1 is 1.09 bits per heavy atom. The summed E-state index contributed by atoms with van der Waals surface area (Å²) in [7, 11) is 2.83. The Balaban J connectivity index is 1.73. The fourth-order valence-electron chi connectivity index (χ4n) is 4.03. The van der Waals surface area contributed by atoms with Gasteiger partial charge in [-0.3, -0.25) is 9.20 Å². The molecule has 9 heteroatoms. The van der Waals surface area contributed by atoms with Gasteiger partial charge in [0.1, 0.15) is 28.9 Å². The Kier molecular flexibility index (Phi) is 6.50. The summed E-state index contributed by atoms with van der Waals surface area (Å²) in [6.45, 7) is 4.54. The van der Waals surface area contributed by atoms with Crippen molar-refractivity contribution in [2.75, 3.05) is 50.2 Å². The molecular weight excluding hydrogens is 434 g/mol. The second kappa shape index (κ2) is 9.67. The number of ether oxygens (including phenoxy) is 2. The number of benzene rings is 1. The highest BCUT2D eigenvalue weighted by atomic mass is 16.5. The lowest BCUT2D eigenvalue weighted by Crippen LogP contribution is -2.47. The second-order valence-corrected chi connectivity index (χ2v) is 7.87. The van der Waals surface area contributed by atoms with Crippen LogP contribution in [0.3, 0.4) is 0 Å². The number of aromatic nitrogens is 2. The molecule has 0 saturated carbocycles. The third-order valence-corrected chi connectivity index (χ3v) is 5.90. The van der Waals surface area contributed by atoms with Crippen molar-refractivity contribution in [3.05, 3.63) is 69.6 Å². The van der Waals surface area contributed by atoms with Crippen molar-refractivity contribution >= 4 is 29.2 Å². The number of pyridine rings is 1. The van der Waals surface area contributed by atoms with Gasteiger partial charge in [-0.1, -0.05) is 6.07 Å². The topological polar surface area (TPSA) is 100 Å². The molecule has 0 aliphatic carbocycles. The highest BCUT2D eigenvalue weighted by Crippen LogP contribution is 2.25. The maximum atomic E-state index is 13.4. The van der Waals surface area contributed by atoms with Crippen molar-refractivity contribution in [1.29, 1.82) is 5.26 Å². The number of fused-ring (bicyclic) bond motifs is 1. The Labute approximate surface area is 197 Å². The molecule has 34 heavy (non-hydrogen) atoms. The molecule has 2 aromatic heterocycles. The fraction of sp³-hybridized carbons (Fsp3) is 0.280. The molecule has 0 amide bonds. The summed E-state index contributed by atoms with van der Waals surface area (Å²) in [6, 6.07) is 13.4. The van der Waals surface area contributed by atoms with Crippen LogP contribution in [0, 0.1) is 18.3 Å². The van der Waals surface area contributed by atoms with E-state index in [2.05, 4.69) is 4.90 Å². The number of nitrogens with zero attached hydrogens (tertiary/aromatic N) is 5. The van der Waals surface area contributed by atoms with E-state index in [1.54, 1.807) is 19.4 Å². The monoisotopic (exact) mass is 459 g/mol. The van der Waals surface area contributed by atoms with Crippen molar-refractivity contribution in [3.63, 3.8) is 0 Å². The lowest BCUT2D eigenvalue weighted by Gasteiger charge is -2.37. The van der Waals surface area contributed by atoms with E-state index in [0.717, 1.165) is 17.0 Å². The standard InChI is InChI=1S/C25H25N5O4/c1-17-5-4-10-30-22(17)27-23(21(24(30)31)15-18(16-26)25(32)34-3)29-13-11-28(12-14-29)19-6-8-20(33-2)9-7-19/h4-10,15H,11-14H2,1-3H3. The number of nitriles is 1. The first-order chi connectivity index (χ1) is 16.5. The van der Waals surface area contributed by atoms with Crippen LogP contribution in [0.1, 0.15) is 11.1 Å². The van der Waals surface area contributed by atoms with Gasteiger partial charge < -0.3 is 19.3 Å². The zero-order chi connectivity index (χ0) is 24.2. The van der Waals surface area contributed by atoms with Gasteiger partial charge in [-0.05, 0) is 48.9 Å². The summed E-state index contributed by atoms with van der Waals surface area (Å²) in [5, 5.41) is 9.46. The predicted octanol–water partition coefficient (Wildman–Crippen LogP) is 2.42. The molecule has 1 aliphatic heterocycles. The smallest absolute Gasteiger partial charge is 0.348 e. The molecule has 0 radical (unpaired) electrons. The van der Waals surface area contributed by atoms with Crippen LogP contribution in [0.25, 0.3) is 11.7 Å². The van der Waals surface area contributed by atoms with E-state index in [-0.39, 0.29) is 16.7 Å². The average molecular weight is 460 g/mol. The van der Waals surface area contributed by atoms with Gasteiger partial charge in [0, 0.05) is 38.1 Å². The van der Waals surface area contributed by atoms with Crippen molar-refractivity contribution in [2.45, 2.75) is 6.92 Å². The van der Waals surface area contributed by atoms with Crippen LogP contribution in [0.5, 0.6) is 5.75 Å². The Bertz CT molecular complexity index is 1350. The fourth-order valence-corrected chi connectivity index (χ4v) is 4.03. The van der Waals surface area contributed by atoms with Gasteiger partial charge in [0.2, 0.25) is 0 Å². The molecule has 0 N–H and O–H groups in total.